The molecule has 4 heteroatoms. The number of hydrogen-bond acceptors (Lipinski definition) is 4. The molecule has 0 saturated carbocycles. The lowest BCUT2D eigenvalue weighted by Gasteiger charge is -2.25. The van der Waals surface area contributed by atoms with Gasteiger partial charge in [-0.1, -0.05) is 152 Å². The van der Waals surface area contributed by atoms with E-state index in [1.807, 2.05) is 36.4 Å². The van der Waals surface area contributed by atoms with Crippen molar-refractivity contribution in [3.05, 3.63) is 193 Å². The Morgan fingerprint density at radius 3 is 1.80 bits per heavy atom. The molecule has 0 spiro atoms. The van der Waals surface area contributed by atoms with Gasteiger partial charge in [0.1, 0.15) is 23.2 Å². The van der Waals surface area contributed by atoms with Crippen LogP contribution in [0.3, 0.4) is 0 Å². The Balaban J connectivity index is 1.15. The van der Waals surface area contributed by atoms with Crippen LogP contribution in [0.5, 0.6) is 0 Å². The van der Waals surface area contributed by atoms with Gasteiger partial charge in [0.05, 0.1) is 0 Å². The summed E-state index contributed by atoms with van der Waals surface area (Å²) in [6.45, 7) is 0. The highest BCUT2D eigenvalue weighted by atomic mass is 16.3. The number of amidine groups is 2. The largest absolute Gasteiger partial charge is 0.456 e. The summed E-state index contributed by atoms with van der Waals surface area (Å²) >= 11 is 0. The summed E-state index contributed by atoms with van der Waals surface area (Å²) < 4.78 is 6.54. The van der Waals surface area contributed by atoms with Crippen molar-refractivity contribution in [2.45, 2.75) is 6.17 Å². The van der Waals surface area contributed by atoms with Gasteiger partial charge in [0.15, 0.2) is 5.84 Å². The van der Waals surface area contributed by atoms with Gasteiger partial charge >= 0.3 is 0 Å². The number of furan rings is 1. The summed E-state index contributed by atoms with van der Waals surface area (Å²) in [4.78, 5) is 10.5. The van der Waals surface area contributed by atoms with Gasteiger partial charge in [0.25, 0.3) is 0 Å². The first kappa shape index (κ1) is 29.2. The number of rotatable bonds is 5. The van der Waals surface area contributed by atoms with Crippen LogP contribution in [-0.2, 0) is 0 Å². The lowest BCUT2D eigenvalue weighted by molar-refractivity contribution is 0.662. The number of aliphatic imine (C=N–C) groups is 2. The van der Waals surface area contributed by atoms with E-state index in [0.29, 0.717) is 5.84 Å². The second kappa shape index (κ2) is 12.0. The Kier molecular flexibility index (Phi) is 6.85. The molecular formula is C47H31N3O. The third-order valence-electron chi connectivity index (χ3n) is 9.92. The topological polar surface area (TPSA) is 49.9 Å². The highest BCUT2D eigenvalue weighted by molar-refractivity contribution is 6.16. The summed E-state index contributed by atoms with van der Waals surface area (Å²) in [5.41, 5.74) is 9.24. The molecule has 240 valence electrons. The number of para-hydroxylation sites is 1. The SMILES string of the molecule is c1ccc(C2=NC(c3cc(-c4ccc(-c5ccccc5)cc4)cc4oc5ccccc5c34)NC(c3ccc4ccc5ccccc5c4c3)=N2)cc1. The zero-order chi connectivity index (χ0) is 33.7. The van der Waals surface area contributed by atoms with Crippen LogP contribution in [-0.4, -0.2) is 11.7 Å². The lowest BCUT2D eigenvalue weighted by Crippen LogP contribution is -2.33. The van der Waals surface area contributed by atoms with E-state index in [4.69, 9.17) is 14.4 Å². The van der Waals surface area contributed by atoms with E-state index in [2.05, 4.69) is 145 Å². The molecule has 0 bridgehead atoms. The minimum atomic E-state index is -0.428. The van der Waals surface area contributed by atoms with Gasteiger partial charge < -0.3 is 9.73 Å². The average molecular weight is 654 g/mol. The molecule has 4 nitrogen and oxygen atoms in total. The van der Waals surface area contributed by atoms with E-state index in [1.54, 1.807) is 0 Å². The minimum absolute atomic E-state index is 0.428. The molecule has 1 N–H and O–H groups in total. The van der Waals surface area contributed by atoms with Crippen LogP contribution in [0, 0.1) is 0 Å². The second-order valence-corrected chi connectivity index (χ2v) is 13.0. The monoisotopic (exact) mass is 653 g/mol. The van der Waals surface area contributed by atoms with Crippen molar-refractivity contribution in [3.8, 4) is 22.3 Å². The Hall–Kier alpha value is -6.78. The van der Waals surface area contributed by atoms with Crippen molar-refractivity contribution in [3.63, 3.8) is 0 Å². The number of nitrogens with one attached hydrogen (secondary N) is 1. The smallest absolute Gasteiger partial charge is 0.159 e. The van der Waals surface area contributed by atoms with Gasteiger partial charge in [-0.25, -0.2) is 9.98 Å². The Morgan fingerprint density at radius 1 is 0.431 bits per heavy atom. The molecule has 0 saturated heterocycles. The Morgan fingerprint density at radius 2 is 1.02 bits per heavy atom. The molecule has 8 aromatic carbocycles. The summed E-state index contributed by atoms with van der Waals surface area (Å²) in [5, 5.41) is 10.7. The summed E-state index contributed by atoms with van der Waals surface area (Å²) in [6.07, 6.45) is -0.428. The van der Waals surface area contributed by atoms with Gasteiger partial charge in [-0.3, -0.25) is 0 Å². The third kappa shape index (κ3) is 5.17. The molecule has 1 aliphatic rings. The Labute approximate surface area is 295 Å². The zero-order valence-electron chi connectivity index (χ0n) is 27.6. The predicted molar refractivity (Wildman–Crippen MR) is 211 cm³/mol. The van der Waals surface area contributed by atoms with E-state index < -0.39 is 6.17 Å². The van der Waals surface area contributed by atoms with E-state index >= 15 is 0 Å². The molecule has 2 heterocycles. The van der Waals surface area contributed by atoms with Crippen LogP contribution in [0.25, 0.3) is 65.7 Å². The lowest BCUT2D eigenvalue weighted by atomic mass is 9.95. The van der Waals surface area contributed by atoms with Crippen LogP contribution in [0.15, 0.2) is 190 Å². The highest BCUT2D eigenvalue weighted by Crippen LogP contribution is 2.39. The van der Waals surface area contributed by atoms with Crippen molar-refractivity contribution in [1.82, 2.24) is 5.32 Å². The Bertz CT molecular complexity index is 2820. The molecule has 9 aromatic rings. The van der Waals surface area contributed by atoms with Crippen LogP contribution in [0.1, 0.15) is 22.9 Å². The molecule has 0 fully saturated rings. The van der Waals surface area contributed by atoms with Crippen LogP contribution in [0.2, 0.25) is 0 Å². The fourth-order valence-electron chi connectivity index (χ4n) is 7.38. The molecule has 0 amide bonds. The standard InChI is InChI=1S/C47H31N3O/c1-3-11-30(12-4-1)31-19-21-32(22-20-31)37-28-41(44-39-17-9-10-18-42(39)51-43(44)29-37)47-49-45(35-14-5-2-6-15-35)48-46(50-47)36-26-25-34-24-23-33-13-7-8-16-38(33)40(34)27-36/h1-29,47H,(H,48,49,50). The van der Waals surface area contributed by atoms with E-state index in [1.165, 1.54) is 32.7 Å². The molecule has 51 heavy (non-hydrogen) atoms. The average Bonchev–Trinajstić information content (AvgIpc) is 3.59. The first-order valence-corrected chi connectivity index (χ1v) is 17.3. The highest BCUT2D eigenvalue weighted by Gasteiger charge is 2.26. The predicted octanol–water partition coefficient (Wildman–Crippen LogP) is 11.7. The third-order valence-corrected chi connectivity index (χ3v) is 9.92. The second-order valence-electron chi connectivity index (χ2n) is 13.0. The zero-order valence-corrected chi connectivity index (χ0v) is 27.6. The van der Waals surface area contributed by atoms with Crippen molar-refractivity contribution in [2.75, 3.05) is 0 Å². The number of benzene rings is 8. The molecule has 10 rings (SSSR count). The van der Waals surface area contributed by atoms with E-state index in [0.717, 1.165) is 55.6 Å². The molecule has 1 unspecified atom stereocenters. The van der Waals surface area contributed by atoms with Gasteiger partial charge in [-0.05, 0) is 68.1 Å². The molecule has 1 aliphatic heterocycles. The summed E-state index contributed by atoms with van der Waals surface area (Å²) in [6, 6.07) is 61.7. The van der Waals surface area contributed by atoms with Gasteiger partial charge in [0, 0.05) is 27.5 Å². The molecule has 1 aromatic heterocycles. The number of nitrogens with zero attached hydrogens (tertiary/aromatic N) is 2. The van der Waals surface area contributed by atoms with E-state index in [9.17, 15) is 0 Å². The molecule has 0 aliphatic carbocycles. The van der Waals surface area contributed by atoms with Crippen LogP contribution < -0.4 is 5.32 Å². The van der Waals surface area contributed by atoms with Crippen molar-refractivity contribution < 1.29 is 4.42 Å². The molecule has 1 atom stereocenters. The van der Waals surface area contributed by atoms with E-state index in [-0.39, 0.29) is 0 Å². The normalized spacial score (nSPS) is 14.5. The first-order valence-electron chi connectivity index (χ1n) is 17.3. The number of hydrogen-bond donors (Lipinski definition) is 1. The van der Waals surface area contributed by atoms with Gasteiger partial charge in [-0.2, -0.15) is 0 Å². The fourth-order valence-corrected chi connectivity index (χ4v) is 7.38. The summed E-state index contributed by atoms with van der Waals surface area (Å²) in [7, 11) is 0. The maximum atomic E-state index is 6.54. The molecule has 0 radical (unpaired) electrons. The van der Waals surface area contributed by atoms with Gasteiger partial charge in [-0.15, -0.1) is 0 Å². The van der Waals surface area contributed by atoms with Gasteiger partial charge in [0.2, 0.25) is 0 Å². The summed E-state index contributed by atoms with van der Waals surface area (Å²) in [5.74, 6) is 1.47. The number of fused-ring (bicyclic) bond motifs is 6. The van der Waals surface area contributed by atoms with Crippen molar-refractivity contribution >= 4 is 55.2 Å². The van der Waals surface area contributed by atoms with Crippen LogP contribution >= 0.6 is 0 Å². The quantitative estimate of drug-likeness (QED) is 0.188. The van der Waals surface area contributed by atoms with Crippen molar-refractivity contribution in [2.24, 2.45) is 9.98 Å². The first-order chi connectivity index (χ1) is 25.2. The fraction of sp³-hybridized carbons (Fsp3) is 0.0213. The maximum Gasteiger partial charge on any atom is 0.159 e. The molecular weight excluding hydrogens is 623 g/mol. The maximum absolute atomic E-state index is 6.54. The minimum Gasteiger partial charge on any atom is -0.456 e. The van der Waals surface area contributed by atoms with Crippen LogP contribution in [0.4, 0.5) is 0 Å². The van der Waals surface area contributed by atoms with Crippen molar-refractivity contribution in [1.29, 1.82) is 0 Å².